The Balaban J connectivity index is 1.44. The molecule has 0 atom stereocenters. The molecule has 0 fully saturated rings. The summed E-state index contributed by atoms with van der Waals surface area (Å²) >= 11 is 1.62. The second kappa shape index (κ2) is 7.50. The van der Waals surface area contributed by atoms with E-state index in [1.54, 1.807) is 23.3 Å². The average molecular weight is 383 g/mol. The van der Waals surface area contributed by atoms with Crippen LogP contribution < -0.4 is 5.73 Å². The topological polar surface area (TPSA) is 86.3 Å². The summed E-state index contributed by atoms with van der Waals surface area (Å²) in [5.74, 6) is 0.0129. The van der Waals surface area contributed by atoms with Crippen LogP contribution in [-0.4, -0.2) is 39.3 Å². The molecule has 8 heteroatoms. The maximum atomic E-state index is 12.8. The van der Waals surface area contributed by atoms with Crippen LogP contribution in [0.25, 0.3) is 10.6 Å². The minimum atomic E-state index is 0.0129. The van der Waals surface area contributed by atoms with Gasteiger partial charge in [0.2, 0.25) is 5.91 Å². The van der Waals surface area contributed by atoms with E-state index in [0.29, 0.717) is 37.6 Å². The Labute approximate surface area is 161 Å². The summed E-state index contributed by atoms with van der Waals surface area (Å²) in [4.78, 5) is 20.2. The number of aromatic nitrogens is 3. The third-order valence-electron chi connectivity index (χ3n) is 4.61. The lowest BCUT2D eigenvalue weighted by atomic mass is 10.2. The minimum absolute atomic E-state index is 0.0129. The molecular weight excluding hydrogens is 362 g/mol. The van der Waals surface area contributed by atoms with Crippen molar-refractivity contribution < 1.29 is 9.53 Å². The van der Waals surface area contributed by atoms with Crippen molar-refractivity contribution in [2.45, 2.75) is 26.1 Å². The molecule has 1 amide bonds. The van der Waals surface area contributed by atoms with Gasteiger partial charge < -0.3 is 15.4 Å². The largest absolute Gasteiger partial charge is 0.397 e. The van der Waals surface area contributed by atoms with E-state index in [4.69, 9.17) is 10.5 Å². The van der Waals surface area contributed by atoms with Crippen molar-refractivity contribution in [1.82, 2.24) is 19.7 Å². The Morgan fingerprint density at radius 3 is 2.96 bits per heavy atom. The Bertz CT molecular complexity index is 928. The molecule has 3 aromatic heterocycles. The summed E-state index contributed by atoms with van der Waals surface area (Å²) in [6.45, 7) is 2.44. The number of rotatable bonds is 6. The van der Waals surface area contributed by atoms with Crippen LogP contribution in [0.5, 0.6) is 0 Å². The molecule has 0 saturated heterocycles. The SMILES string of the molecule is COCCn1cc2c(n1)CN(C(=O)Cc1nc(-c3cccs3)ccc1N)C2. The second-order valence-corrected chi connectivity index (χ2v) is 7.44. The number of carbonyl (C=O) groups excluding carboxylic acids is 1. The van der Waals surface area contributed by atoms with E-state index in [2.05, 4.69) is 10.1 Å². The van der Waals surface area contributed by atoms with Gasteiger partial charge in [0.15, 0.2) is 0 Å². The average Bonchev–Trinajstić information content (AvgIpc) is 3.37. The molecule has 140 valence electrons. The van der Waals surface area contributed by atoms with Crippen LogP contribution in [0.3, 0.4) is 0 Å². The molecule has 4 rings (SSSR count). The quantitative estimate of drug-likeness (QED) is 0.706. The van der Waals surface area contributed by atoms with Crippen LogP contribution in [0.2, 0.25) is 0 Å². The number of nitrogen functional groups attached to an aromatic ring is 1. The Morgan fingerprint density at radius 2 is 2.22 bits per heavy atom. The van der Waals surface area contributed by atoms with Gasteiger partial charge >= 0.3 is 0 Å². The number of ether oxygens (including phenoxy) is 1. The first-order valence-electron chi connectivity index (χ1n) is 8.75. The van der Waals surface area contributed by atoms with E-state index in [1.165, 1.54) is 0 Å². The highest BCUT2D eigenvalue weighted by Crippen LogP contribution is 2.26. The van der Waals surface area contributed by atoms with Gasteiger partial charge in [-0.2, -0.15) is 5.10 Å². The van der Waals surface area contributed by atoms with Gasteiger partial charge in [-0.3, -0.25) is 9.48 Å². The lowest BCUT2D eigenvalue weighted by molar-refractivity contribution is -0.131. The molecule has 1 aliphatic rings. The number of nitrogens with two attached hydrogens (primary N) is 1. The lowest BCUT2D eigenvalue weighted by Crippen LogP contribution is -2.28. The molecule has 0 unspecified atom stereocenters. The van der Waals surface area contributed by atoms with Gasteiger partial charge in [-0.25, -0.2) is 4.98 Å². The summed E-state index contributed by atoms with van der Waals surface area (Å²) in [6, 6.07) is 7.71. The van der Waals surface area contributed by atoms with Crippen LogP contribution in [0, 0.1) is 0 Å². The van der Waals surface area contributed by atoms with Gasteiger partial charge in [0.25, 0.3) is 0 Å². The smallest absolute Gasteiger partial charge is 0.229 e. The normalized spacial score (nSPS) is 13.1. The molecule has 4 heterocycles. The molecule has 0 aromatic carbocycles. The predicted octanol–water partition coefficient (Wildman–Crippen LogP) is 2.32. The summed E-state index contributed by atoms with van der Waals surface area (Å²) in [5, 5.41) is 6.54. The molecule has 7 nitrogen and oxygen atoms in total. The molecule has 2 N–H and O–H groups in total. The number of methoxy groups -OCH3 is 1. The molecule has 27 heavy (non-hydrogen) atoms. The zero-order valence-corrected chi connectivity index (χ0v) is 15.9. The van der Waals surface area contributed by atoms with Gasteiger partial charge in [0, 0.05) is 25.4 Å². The molecule has 1 aliphatic heterocycles. The summed E-state index contributed by atoms with van der Waals surface area (Å²) in [6.07, 6.45) is 2.19. The summed E-state index contributed by atoms with van der Waals surface area (Å²) in [5.41, 5.74) is 10.1. The Kier molecular flexibility index (Phi) is 4.91. The van der Waals surface area contributed by atoms with Crippen LogP contribution in [0.15, 0.2) is 35.8 Å². The van der Waals surface area contributed by atoms with Crippen molar-refractivity contribution >= 4 is 22.9 Å². The Morgan fingerprint density at radius 1 is 1.33 bits per heavy atom. The van der Waals surface area contributed by atoms with Crippen molar-refractivity contribution in [3.8, 4) is 10.6 Å². The van der Waals surface area contributed by atoms with Gasteiger partial charge in [-0.1, -0.05) is 6.07 Å². The maximum absolute atomic E-state index is 12.8. The van der Waals surface area contributed by atoms with E-state index >= 15 is 0 Å². The number of hydrogen-bond acceptors (Lipinski definition) is 6. The maximum Gasteiger partial charge on any atom is 0.229 e. The van der Waals surface area contributed by atoms with Crippen molar-refractivity contribution in [3.63, 3.8) is 0 Å². The summed E-state index contributed by atoms with van der Waals surface area (Å²) < 4.78 is 6.95. The first-order valence-corrected chi connectivity index (χ1v) is 9.63. The Hall–Kier alpha value is -2.71. The number of carbonyl (C=O) groups is 1. The van der Waals surface area contributed by atoms with Crippen LogP contribution in [0.4, 0.5) is 5.69 Å². The highest BCUT2D eigenvalue weighted by Gasteiger charge is 2.27. The van der Waals surface area contributed by atoms with Gasteiger partial charge in [0.05, 0.1) is 53.8 Å². The first kappa shape index (κ1) is 17.7. The molecule has 3 aromatic rings. The van der Waals surface area contributed by atoms with Crippen LogP contribution in [0.1, 0.15) is 17.0 Å². The standard InChI is InChI=1S/C19H21N5O2S/c1-26-7-6-24-11-13-10-23(12-17(13)22-24)19(25)9-16-14(20)4-5-15(21-16)18-3-2-8-27-18/h2-5,8,11H,6-7,9-10,12,20H2,1H3. The number of nitrogens with zero attached hydrogens (tertiary/aromatic N) is 4. The van der Waals surface area contributed by atoms with Crippen molar-refractivity contribution in [1.29, 1.82) is 0 Å². The highest BCUT2D eigenvalue weighted by atomic mass is 32.1. The molecule has 0 bridgehead atoms. The van der Waals surface area contributed by atoms with Crippen molar-refractivity contribution in [3.05, 3.63) is 52.8 Å². The minimum Gasteiger partial charge on any atom is -0.397 e. The fraction of sp³-hybridized carbons (Fsp3) is 0.316. The third kappa shape index (κ3) is 3.72. The molecule has 0 spiro atoms. The lowest BCUT2D eigenvalue weighted by Gasteiger charge is -2.16. The predicted molar refractivity (Wildman–Crippen MR) is 104 cm³/mol. The zero-order chi connectivity index (χ0) is 18.8. The molecule has 0 aliphatic carbocycles. The van der Waals surface area contributed by atoms with Gasteiger partial charge in [-0.05, 0) is 23.6 Å². The van der Waals surface area contributed by atoms with Crippen molar-refractivity contribution in [2.24, 2.45) is 0 Å². The number of amides is 1. The van der Waals surface area contributed by atoms with E-state index in [-0.39, 0.29) is 12.3 Å². The number of anilines is 1. The second-order valence-electron chi connectivity index (χ2n) is 6.49. The third-order valence-corrected chi connectivity index (χ3v) is 5.50. The summed E-state index contributed by atoms with van der Waals surface area (Å²) in [7, 11) is 1.67. The zero-order valence-electron chi connectivity index (χ0n) is 15.1. The fourth-order valence-electron chi connectivity index (χ4n) is 3.16. The molecule has 0 radical (unpaired) electrons. The van der Waals surface area contributed by atoms with Crippen LogP contribution in [-0.2, 0) is 35.6 Å². The molecule has 0 saturated carbocycles. The number of pyridine rings is 1. The van der Waals surface area contributed by atoms with E-state index in [9.17, 15) is 4.79 Å². The number of thiophene rings is 1. The van der Waals surface area contributed by atoms with E-state index in [1.807, 2.05) is 40.5 Å². The first-order chi connectivity index (χ1) is 13.1. The van der Waals surface area contributed by atoms with Crippen molar-refractivity contribution in [2.75, 3.05) is 19.5 Å². The van der Waals surface area contributed by atoms with E-state index in [0.717, 1.165) is 21.8 Å². The van der Waals surface area contributed by atoms with E-state index < -0.39 is 0 Å². The number of hydrogen-bond donors (Lipinski definition) is 1. The monoisotopic (exact) mass is 383 g/mol. The highest BCUT2D eigenvalue weighted by molar-refractivity contribution is 7.13. The van der Waals surface area contributed by atoms with Gasteiger partial charge in [-0.15, -0.1) is 11.3 Å². The van der Waals surface area contributed by atoms with Gasteiger partial charge in [0.1, 0.15) is 0 Å². The fourth-order valence-corrected chi connectivity index (χ4v) is 3.85. The number of fused-ring (bicyclic) bond motifs is 1. The van der Waals surface area contributed by atoms with Crippen LogP contribution >= 0.6 is 11.3 Å². The molecular formula is C19H21N5O2S.